The summed E-state index contributed by atoms with van der Waals surface area (Å²) in [4.78, 5) is 23.2. The Morgan fingerprint density at radius 3 is 2.64 bits per heavy atom. The van der Waals surface area contributed by atoms with E-state index in [0.717, 1.165) is 0 Å². The molecule has 0 atom stereocenters. The fourth-order valence-electron chi connectivity index (χ4n) is 1.71. The molecule has 5 nitrogen and oxygen atoms in total. The van der Waals surface area contributed by atoms with Crippen molar-refractivity contribution in [1.29, 1.82) is 0 Å². The molecule has 0 aliphatic heterocycles. The monoisotopic (exact) mass is 303 g/mol. The molecule has 0 saturated heterocycles. The Morgan fingerprint density at radius 2 is 1.91 bits per heavy atom. The summed E-state index contributed by atoms with van der Waals surface area (Å²) in [5.74, 6) is -1.29. The molecule has 2 aromatic rings. The zero-order chi connectivity index (χ0) is 15.9. The van der Waals surface area contributed by atoms with Crippen molar-refractivity contribution in [2.45, 2.75) is 6.92 Å². The van der Waals surface area contributed by atoms with E-state index in [1.54, 1.807) is 25.1 Å². The van der Waals surface area contributed by atoms with Crippen molar-refractivity contribution in [2.75, 3.05) is 11.9 Å². The highest BCUT2D eigenvalue weighted by Gasteiger charge is 2.13. The van der Waals surface area contributed by atoms with Crippen molar-refractivity contribution >= 4 is 17.7 Å². The molecule has 0 aliphatic rings. The third kappa shape index (κ3) is 4.05. The quantitative estimate of drug-likeness (QED) is 0.692. The van der Waals surface area contributed by atoms with Gasteiger partial charge in [0, 0.05) is 11.8 Å². The average molecular weight is 303 g/mol. The molecule has 0 spiro atoms. The second-order valence-corrected chi connectivity index (χ2v) is 4.24. The lowest BCUT2D eigenvalue weighted by atomic mass is 10.2. The number of benzene rings is 2. The Kier molecular flexibility index (Phi) is 5.08. The van der Waals surface area contributed by atoms with Crippen LogP contribution in [-0.4, -0.2) is 18.7 Å². The topological polar surface area (TPSA) is 64.6 Å². The van der Waals surface area contributed by atoms with Gasteiger partial charge in [0.2, 0.25) is 0 Å². The summed E-state index contributed by atoms with van der Waals surface area (Å²) >= 11 is 0. The highest BCUT2D eigenvalue weighted by Crippen LogP contribution is 2.19. The van der Waals surface area contributed by atoms with Gasteiger partial charge >= 0.3 is 12.1 Å². The smallest absolute Gasteiger partial charge is 0.411 e. The van der Waals surface area contributed by atoms with Gasteiger partial charge in [-0.25, -0.2) is 14.0 Å². The summed E-state index contributed by atoms with van der Waals surface area (Å²) in [6.07, 6.45) is -0.611. The molecule has 0 aromatic heterocycles. The minimum Gasteiger partial charge on any atom is -0.450 e. The summed E-state index contributed by atoms with van der Waals surface area (Å²) in [5, 5.41) is 2.48. The van der Waals surface area contributed by atoms with Gasteiger partial charge in [-0.15, -0.1) is 0 Å². The average Bonchev–Trinajstić information content (AvgIpc) is 2.48. The Hall–Kier alpha value is -2.89. The molecule has 1 N–H and O–H groups in total. The summed E-state index contributed by atoms with van der Waals surface area (Å²) in [6.45, 7) is 1.93. The molecule has 114 valence electrons. The van der Waals surface area contributed by atoms with E-state index in [4.69, 9.17) is 9.47 Å². The maximum Gasteiger partial charge on any atom is 0.411 e. The van der Waals surface area contributed by atoms with Crippen molar-refractivity contribution in [3.8, 4) is 5.75 Å². The van der Waals surface area contributed by atoms with Crippen LogP contribution in [0.2, 0.25) is 0 Å². The van der Waals surface area contributed by atoms with Gasteiger partial charge in [-0.3, -0.25) is 5.32 Å². The first-order valence-electron chi connectivity index (χ1n) is 6.60. The summed E-state index contributed by atoms with van der Waals surface area (Å²) < 4.78 is 23.3. The molecule has 0 saturated carbocycles. The third-order valence-electron chi connectivity index (χ3n) is 2.66. The Labute approximate surface area is 126 Å². The Balaban J connectivity index is 2.09. The van der Waals surface area contributed by atoms with Crippen LogP contribution in [0.1, 0.15) is 17.3 Å². The Bertz CT molecular complexity index is 687. The molecule has 2 aromatic carbocycles. The van der Waals surface area contributed by atoms with Crippen LogP contribution in [0.25, 0.3) is 0 Å². The molecule has 6 heteroatoms. The second kappa shape index (κ2) is 7.21. The molecule has 0 radical (unpaired) electrons. The van der Waals surface area contributed by atoms with Gasteiger partial charge in [-0.2, -0.15) is 0 Å². The molecule has 2 rings (SSSR count). The van der Waals surface area contributed by atoms with Crippen LogP contribution in [0.15, 0.2) is 48.5 Å². The van der Waals surface area contributed by atoms with Gasteiger partial charge in [0.25, 0.3) is 0 Å². The molecule has 0 aliphatic carbocycles. The van der Waals surface area contributed by atoms with E-state index in [-0.39, 0.29) is 17.9 Å². The van der Waals surface area contributed by atoms with Gasteiger partial charge in [-0.1, -0.05) is 18.2 Å². The van der Waals surface area contributed by atoms with Crippen LogP contribution in [0.3, 0.4) is 0 Å². The highest BCUT2D eigenvalue weighted by atomic mass is 19.1. The van der Waals surface area contributed by atoms with Crippen LogP contribution >= 0.6 is 0 Å². The molecule has 1 amide bonds. The van der Waals surface area contributed by atoms with Crippen molar-refractivity contribution in [2.24, 2.45) is 0 Å². The standard InChI is InChI=1S/C16H14FNO4/c1-2-21-16(20)18-11-6-5-7-12(10-11)22-15(19)13-8-3-4-9-14(13)17/h3-10H,2H2,1H3,(H,18,20). The van der Waals surface area contributed by atoms with E-state index in [0.29, 0.717) is 5.69 Å². The number of amides is 1. The van der Waals surface area contributed by atoms with Crippen LogP contribution in [0.5, 0.6) is 5.75 Å². The van der Waals surface area contributed by atoms with Crippen LogP contribution in [-0.2, 0) is 4.74 Å². The van der Waals surface area contributed by atoms with E-state index in [1.165, 1.54) is 30.3 Å². The van der Waals surface area contributed by atoms with E-state index < -0.39 is 17.9 Å². The number of esters is 1. The van der Waals surface area contributed by atoms with Crippen molar-refractivity contribution in [1.82, 2.24) is 0 Å². The molecule has 0 bridgehead atoms. The number of halogens is 1. The lowest BCUT2D eigenvalue weighted by Crippen LogP contribution is -2.14. The number of hydrogen-bond donors (Lipinski definition) is 1. The fraction of sp³-hybridized carbons (Fsp3) is 0.125. The predicted molar refractivity (Wildman–Crippen MR) is 78.4 cm³/mol. The number of carbonyl (C=O) groups is 2. The SMILES string of the molecule is CCOC(=O)Nc1cccc(OC(=O)c2ccccc2F)c1. The van der Waals surface area contributed by atoms with Gasteiger partial charge < -0.3 is 9.47 Å². The lowest BCUT2D eigenvalue weighted by molar-refractivity contribution is 0.0730. The van der Waals surface area contributed by atoms with E-state index in [9.17, 15) is 14.0 Å². The lowest BCUT2D eigenvalue weighted by Gasteiger charge is -2.08. The number of anilines is 1. The van der Waals surface area contributed by atoms with E-state index in [2.05, 4.69) is 5.32 Å². The first-order valence-corrected chi connectivity index (χ1v) is 6.60. The van der Waals surface area contributed by atoms with Crippen molar-refractivity contribution in [3.63, 3.8) is 0 Å². The largest absolute Gasteiger partial charge is 0.450 e. The Morgan fingerprint density at radius 1 is 1.14 bits per heavy atom. The molecule has 0 unspecified atom stereocenters. The minimum absolute atomic E-state index is 0.161. The van der Waals surface area contributed by atoms with E-state index >= 15 is 0 Å². The zero-order valence-corrected chi connectivity index (χ0v) is 11.8. The summed E-state index contributed by atoms with van der Waals surface area (Å²) in [5.41, 5.74) is 0.239. The number of hydrogen-bond acceptors (Lipinski definition) is 4. The highest BCUT2D eigenvalue weighted by molar-refractivity contribution is 5.91. The van der Waals surface area contributed by atoms with Gasteiger partial charge in [0.1, 0.15) is 11.6 Å². The molecular weight excluding hydrogens is 289 g/mol. The third-order valence-corrected chi connectivity index (χ3v) is 2.66. The van der Waals surface area contributed by atoms with Gasteiger partial charge in [0.05, 0.1) is 12.2 Å². The van der Waals surface area contributed by atoms with E-state index in [1.807, 2.05) is 0 Å². The summed E-state index contributed by atoms with van der Waals surface area (Å²) in [7, 11) is 0. The van der Waals surface area contributed by atoms with Crippen LogP contribution < -0.4 is 10.1 Å². The zero-order valence-electron chi connectivity index (χ0n) is 11.8. The minimum atomic E-state index is -0.814. The molecular formula is C16H14FNO4. The number of rotatable bonds is 4. The maximum atomic E-state index is 13.5. The maximum absolute atomic E-state index is 13.5. The second-order valence-electron chi connectivity index (χ2n) is 4.24. The normalized spacial score (nSPS) is 9.91. The molecule has 0 fully saturated rings. The van der Waals surface area contributed by atoms with Gasteiger partial charge in [0.15, 0.2) is 0 Å². The van der Waals surface area contributed by atoms with Gasteiger partial charge in [-0.05, 0) is 31.2 Å². The number of nitrogens with one attached hydrogen (secondary N) is 1. The van der Waals surface area contributed by atoms with Crippen molar-refractivity contribution in [3.05, 3.63) is 59.9 Å². The molecule has 0 heterocycles. The summed E-state index contributed by atoms with van der Waals surface area (Å²) in [6, 6.07) is 11.7. The first kappa shape index (κ1) is 15.5. The van der Waals surface area contributed by atoms with Crippen LogP contribution in [0, 0.1) is 5.82 Å². The predicted octanol–water partition coefficient (Wildman–Crippen LogP) is 3.61. The van der Waals surface area contributed by atoms with Crippen molar-refractivity contribution < 1.29 is 23.5 Å². The fourth-order valence-corrected chi connectivity index (χ4v) is 1.71. The first-order chi connectivity index (χ1) is 10.6. The number of carbonyl (C=O) groups excluding carboxylic acids is 2. The number of ether oxygens (including phenoxy) is 2. The molecule has 22 heavy (non-hydrogen) atoms. The van der Waals surface area contributed by atoms with Crippen LogP contribution in [0.4, 0.5) is 14.9 Å².